The molecule has 0 atom stereocenters. The summed E-state index contributed by atoms with van der Waals surface area (Å²) in [6, 6.07) is 7.16. The van der Waals surface area contributed by atoms with Crippen LogP contribution in [0.1, 0.15) is 57.4 Å². The summed E-state index contributed by atoms with van der Waals surface area (Å²) in [6.45, 7) is 2.65. The Morgan fingerprint density at radius 2 is 1.95 bits per heavy atom. The topological polar surface area (TPSA) is 49.3 Å². The molecule has 2 rings (SSSR count). The van der Waals surface area contributed by atoms with Gasteiger partial charge in [0.1, 0.15) is 5.75 Å². The summed E-state index contributed by atoms with van der Waals surface area (Å²) >= 11 is 0. The van der Waals surface area contributed by atoms with Crippen molar-refractivity contribution in [1.29, 1.82) is 0 Å². The van der Waals surface area contributed by atoms with Gasteiger partial charge in [0.25, 0.3) is 0 Å². The van der Waals surface area contributed by atoms with Gasteiger partial charge in [-0.15, -0.1) is 0 Å². The lowest BCUT2D eigenvalue weighted by molar-refractivity contribution is -0.126. The van der Waals surface area contributed by atoms with E-state index in [0.717, 1.165) is 24.3 Å². The number of hydrogen-bond donors (Lipinski definition) is 2. The van der Waals surface area contributed by atoms with Crippen LogP contribution in [0.2, 0.25) is 0 Å². The van der Waals surface area contributed by atoms with Crippen molar-refractivity contribution in [2.24, 2.45) is 11.8 Å². The number of unbranched alkanes of at least 4 members (excludes halogenated alkanes) is 1. The van der Waals surface area contributed by atoms with E-state index >= 15 is 0 Å². The maximum atomic E-state index is 12.2. The Kier molecular flexibility index (Phi) is 6.09. The molecule has 0 unspecified atom stereocenters. The second-order valence-electron chi connectivity index (χ2n) is 6.21. The highest BCUT2D eigenvalue weighted by atomic mass is 16.3. The zero-order valence-electron chi connectivity index (χ0n) is 13.0. The Balaban J connectivity index is 1.74. The number of hydrogen-bond acceptors (Lipinski definition) is 2. The van der Waals surface area contributed by atoms with E-state index in [1.807, 2.05) is 12.1 Å². The maximum absolute atomic E-state index is 12.2. The number of carbonyl (C=O) groups is 1. The molecule has 3 heteroatoms. The van der Waals surface area contributed by atoms with Gasteiger partial charge in [-0.05, 0) is 37.7 Å². The van der Waals surface area contributed by atoms with Crippen LogP contribution in [-0.4, -0.2) is 11.0 Å². The van der Waals surface area contributed by atoms with E-state index in [1.54, 1.807) is 12.1 Å². The highest BCUT2D eigenvalue weighted by Crippen LogP contribution is 2.32. The van der Waals surface area contributed by atoms with Crippen LogP contribution in [0.25, 0.3) is 0 Å². The molecule has 0 heterocycles. The van der Waals surface area contributed by atoms with Crippen LogP contribution >= 0.6 is 0 Å². The molecule has 0 aliphatic heterocycles. The Bertz CT molecular complexity index is 450. The molecule has 116 valence electrons. The van der Waals surface area contributed by atoms with Crippen LogP contribution in [-0.2, 0) is 11.3 Å². The third-order valence-corrected chi connectivity index (χ3v) is 4.63. The third kappa shape index (κ3) is 4.76. The molecule has 0 aromatic heterocycles. The van der Waals surface area contributed by atoms with Crippen molar-refractivity contribution in [1.82, 2.24) is 5.32 Å². The largest absolute Gasteiger partial charge is 0.508 e. The molecule has 0 bridgehead atoms. The molecule has 1 amide bonds. The SMILES string of the molecule is CCCCC1CCC(C(=O)NCc2ccccc2O)CC1. The molecule has 1 aliphatic rings. The predicted molar refractivity (Wildman–Crippen MR) is 84.9 cm³/mol. The summed E-state index contributed by atoms with van der Waals surface area (Å²) in [7, 11) is 0. The summed E-state index contributed by atoms with van der Waals surface area (Å²) in [5.74, 6) is 1.38. The lowest BCUT2D eigenvalue weighted by Gasteiger charge is -2.27. The highest BCUT2D eigenvalue weighted by molar-refractivity contribution is 5.78. The number of aromatic hydroxyl groups is 1. The molecular formula is C18H27NO2. The molecule has 1 aromatic carbocycles. The lowest BCUT2D eigenvalue weighted by Crippen LogP contribution is -2.32. The average Bonchev–Trinajstić information content (AvgIpc) is 2.52. The molecule has 0 saturated heterocycles. The summed E-state index contributed by atoms with van der Waals surface area (Å²) < 4.78 is 0. The number of benzene rings is 1. The minimum atomic E-state index is 0.146. The van der Waals surface area contributed by atoms with Crippen molar-refractivity contribution in [3.8, 4) is 5.75 Å². The summed E-state index contributed by atoms with van der Waals surface area (Å²) in [4.78, 5) is 12.2. The van der Waals surface area contributed by atoms with Gasteiger partial charge in [-0.25, -0.2) is 0 Å². The average molecular weight is 289 g/mol. The van der Waals surface area contributed by atoms with Gasteiger partial charge < -0.3 is 10.4 Å². The normalized spacial score (nSPS) is 22.0. The van der Waals surface area contributed by atoms with E-state index in [9.17, 15) is 9.90 Å². The smallest absolute Gasteiger partial charge is 0.223 e. The molecule has 1 aromatic rings. The lowest BCUT2D eigenvalue weighted by atomic mass is 9.79. The minimum absolute atomic E-state index is 0.146. The first kappa shape index (κ1) is 15.9. The van der Waals surface area contributed by atoms with Gasteiger partial charge in [-0.2, -0.15) is 0 Å². The number of carbonyl (C=O) groups excluding carboxylic acids is 1. The minimum Gasteiger partial charge on any atom is -0.508 e. The standard InChI is InChI=1S/C18H27NO2/c1-2-3-6-14-9-11-15(12-10-14)18(21)19-13-16-7-4-5-8-17(16)20/h4-5,7-8,14-15,20H,2-3,6,9-13H2,1H3,(H,19,21). The third-order valence-electron chi connectivity index (χ3n) is 4.63. The first-order valence-corrected chi connectivity index (χ1v) is 8.25. The van der Waals surface area contributed by atoms with Crippen molar-refractivity contribution < 1.29 is 9.90 Å². The predicted octanol–water partition coefficient (Wildman–Crippen LogP) is 4.01. The van der Waals surface area contributed by atoms with Crippen molar-refractivity contribution in [2.75, 3.05) is 0 Å². The molecule has 0 spiro atoms. The monoisotopic (exact) mass is 289 g/mol. The number of amides is 1. The second-order valence-corrected chi connectivity index (χ2v) is 6.21. The maximum Gasteiger partial charge on any atom is 0.223 e. The van der Waals surface area contributed by atoms with E-state index in [2.05, 4.69) is 12.2 Å². The van der Waals surface area contributed by atoms with Gasteiger partial charge in [0.2, 0.25) is 5.91 Å². The fourth-order valence-corrected chi connectivity index (χ4v) is 3.19. The van der Waals surface area contributed by atoms with Crippen molar-refractivity contribution in [3.05, 3.63) is 29.8 Å². The van der Waals surface area contributed by atoms with Gasteiger partial charge in [-0.1, -0.05) is 44.4 Å². The number of para-hydroxylation sites is 1. The van der Waals surface area contributed by atoms with Crippen LogP contribution < -0.4 is 5.32 Å². The van der Waals surface area contributed by atoms with Gasteiger partial charge >= 0.3 is 0 Å². The Labute approximate surface area is 127 Å². The van der Waals surface area contributed by atoms with Gasteiger partial charge in [0.05, 0.1) is 0 Å². The fraction of sp³-hybridized carbons (Fsp3) is 0.611. The van der Waals surface area contributed by atoms with Crippen LogP contribution in [0.5, 0.6) is 5.75 Å². The Hall–Kier alpha value is -1.51. The van der Waals surface area contributed by atoms with Crippen molar-refractivity contribution in [3.63, 3.8) is 0 Å². The molecule has 1 saturated carbocycles. The van der Waals surface area contributed by atoms with Crippen LogP contribution in [0.4, 0.5) is 0 Å². The molecule has 0 radical (unpaired) electrons. The molecule has 1 aliphatic carbocycles. The van der Waals surface area contributed by atoms with E-state index in [1.165, 1.54) is 32.1 Å². The summed E-state index contributed by atoms with van der Waals surface area (Å²) in [6.07, 6.45) is 8.31. The zero-order valence-corrected chi connectivity index (χ0v) is 13.0. The molecular weight excluding hydrogens is 262 g/mol. The first-order chi connectivity index (χ1) is 10.2. The first-order valence-electron chi connectivity index (χ1n) is 8.25. The van der Waals surface area contributed by atoms with Gasteiger partial charge in [0, 0.05) is 18.0 Å². The Morgan fingerprint density at radius 1 is 1.24 bits per heavy atom. The number of phenols is 1. The van der Waals surface area contributed by atoms with E-state index < -0.39 is 0 Å². The fourth-order valence-electron chi connectivity index (χ4n) is 3.19. The highest BCUT2D eigenvalue weighted by Gasteiger charge is 2.25. The number of rotatable bonds is 6. The van der Waals surface area contributed by atoms with E-state index in [-0.39, 0.29) is 17.6 Å². The van der Waals surface area contributed by atoms with Gasteiger partial charge in [-0.3, -0.25) is 4.79 Å². The quantitative estimate of drug-likeness (QED) is 0.831. The van der Waals surface area contributed by atoms with Gasteiger partial charge in [0.15, 0.2) is 0 Å². The molecule has 21 heavy (non-hydrogen) atoms. The Morgan fingerprint density at radius 3 is 2.62 bits per heavy atom. The summed E-state index contributed by atoms with van der Waals surface area (Å²) in [5, 5.41) is 12.7. The molecule has 2 N–H and O–H groups in total. The van der Waals surface area contributed by atoms with E-state index in [4.69, 9.17) is 0 Å². The van der Waals surface area contributed by atoms with Crippen LogP contribution in [0, 0.1) is 11.8 Å². The molecule has 1 fully saturated rings. The number of phenolic OH excluding ortho intramolecular Hbond substituents is 1. The summed E-state index contributed by atoms with van der Waals surface area (Å²) in [5.41, 5.74) is 0.780. The van der Waals surface area contributed by atoms with Crippen molar-refractivity contribution >= 4 is 5.91 Å². The zero-order chi connectivity index (χ0) is 15.1. The molecule has 3 nitrogen and oxygen atoms in total. The number of nitrogens with one attached hydrogen (secondary N) is 1. The second kappa shape index (κ2) is 8.06. The van der Waals surface area contributed by atoms with Crippen LogP contribution in [0.15, 0.2) is 24.3 Å². The van der Waals surface area contributed by atoms with Crippen molar-refractivity contribution in [2.45, 2.75) is 58.4 Å². The van der Waals surface area contributed by atoms with Crippen LogP contribution in [0.3, 0.4) is 0 Å². The van der Waals surface area contributed by atoms with E-state index in [0.29, 0.717) is 6.54 Å².